The van der Waals surface area contributed by atoms with Crippen LogP contribution in [0.4, 0.5) is 0 Å². The topological polar surface area (TPSA) is 114 Å². The van der Waals surface area contributed by atoms with Gasteiger partial charge in [-0.25, -0.2) is 0 Å². The summed E-state index contributed by atoms with van der Waals surface area (Å²) in [7, 11) is 2.88. The van der Waals surface area contributed by atoms with Crippen molar-refractivity contribution < 1.29 is 29.0 Å². The fourth-order valence-electron chi connectivity index (χ4n) is 1.49. The number of methoxy groups -OCH3 is 1. The molecular formula is C14H18N2O6. The van der Waals surface area contributed by atoms with E-state index in [1.54, 1.807) is 0 Å². The predicted octanol–water partition coefficient (Wildman–Crippen LogP) is 0.0229. The highest BCUT2D eigenvalue weighted by Gasteiger charge is 2.17. The van der Waals surface area contributed by atoms with Crippen molar-refractivity contribution in [3.05, 3.63) is 23.8 Å². The van der Waals surface area contributed by atoms with Crippen LogP contribution in [0.1, 0.15) is 17.3 Å². The number of rotatable bonds is 7. The highest BCUT2D eigenvalue weighted by atomic mass is 16.5. The standard InChI is InChI=1S/C14H18N2O6/c1-8(14(19)20)16-13(18)9-4-5-10(11(6-9)21-3)22-7-12(17)15-2/h4-6,8H,7H2,1-3H3,(H,15,17)(H,16,18)(H,19,20)/t8-/m0/s1. The molecule has 120 valence electrons. The van der Waals surface area contributed by atoms with Gasteiger partial charge >= 0.3 is 5.97 Å². The number of carbonyl (C=O) groups is 3. The number of aliphatic carboxylic acids is 1. The zero-order valence-corrected chi connectivity index (χ0v) is 12.5. The lowest BCUT2D eigenvalue weighted by atomic mass is 10.1. The molecule has 0 heterocycles. The van der Waals surface area contributed by atoms with E-state index < -0.39 is 17.9 Å². The van der Waals surface area contributed by atoms with Crippen molar-refractivity contribution in [2.24, 2.45) is 0 Å². The van der Waals surface area contributed by atoms with E-state index in [1.807, 2.05) is 0 Å². The third-order valence-corrected chi connectivity index (χ3v) is 2.78. The number of carboxylic acid groups (broad SMARTS) is 1. The van der Waals surface area contributed by atoms with E-state index in [-0.39, 0.29) is 23.8 Å². The SMILES string of the molecule is CNC(=O)COc1ccc(C(=O)N[C@@H](C)C(=O)O)cc1OC. The molecule has 1 aromatic carbocycles. The van der Waals surface area contributed by atoms with Crippen LogP contribution in [0, 0.1) is 0 Å². The summed E-state index contributed by atoms with van der Waals surface area (Å²) in [6.45, 7) is 1.17. The normalized spacial score (nSPS) is 11.2. The number of amides is 2. The summed E-state index contributed by atoms with van der Waals surface area (Å²) in [5.41, 5.74) is 0.220. The van der Waals surface area contributed by atoms with Crippen molar-refractivity contribution >= 4 is 17.8 Å². The molecule has 0 fully saturated rings. The molecule has 3 N–H and O–H groups in total. The van der Waals surface area contributed by atoms with Gasteiger partial charge in [0.2, 0.25) is 0 Å². The molecule has 0 saturated carbocycles. The van der Waals surface area contributed by atoms with E-state index >= 15 is 0 Å². The van der Waals surface area contributed by atoms with Crippen molar-refractivity contribution in [1.82, 2.24) is 10.6 Å². The Morgan fingerprint density at radius 2 is 1.95 bits per heavy atom. The maximum Gasteiger partial charge on any atom is 0.325 e. The number of ether oxygens (including phenoxy) is 2. The molecule has 0 saturated heterocycles. The van der Waals surface area contributed by atoms with E-state index in [0.29, 0.717) is 5.75 Å². The van der Waals surface area contributed by atoms with Crippen LogP contribution in [-0.4, -0.2) is 49.7 Å². The first-order valence-corrected chi connectivity index (χ1v) is 6.44. The average Bonchev–Trinajstić information content (AvgIpc) is 2.51. The van der Waals surface area contributed by atoms with Crippen LogP contribution in [-0.2, 0) is 9.59 Å². The molecule has 1 atom stereocenters. The first kappa shape index (κ1) is 17.3. The highest BCUT2D eigenvalue weighted by Crippen LogP contribution is 2.28. The molecule has 1 aromatic rings. The maximum atomic E-state index is 11.9. The predicted molar refractivity (Wildman–Crippen MR) is 77.1 cm³/mol. The number of nitrogens with one attached hydrogen (secondary N) is 2. The van der Waals surface area contributed by atoms with E-state index in [9.17, 15) is 14.4 Å². The van der Waals surface area contributed by atoms with Gasteiger partial charge < -0.3 is 25.2 Å². The largest absolute Gasteiger partial charge is 0.493 e. The number of carboxylic acids is 1. The van der Waals surface area contributed by atoms with Gasteiger partial charge in [0.15, 0.2) is 18.1 Å². The fourth-order valence-corrected chi connectivity index (χ4v) is 1.49. The van der Waals surface area contributed by atoms with Gasteiger partial charge in [0.05, 0.1) is 7.11 Å². The fraction of sp³-hybridized carbons (Fsp3) is 0.357. The lowest BCUT2D eigenvalue weighted by Crippen LogP contribution is -2.38. The van der Waals surface area contributed by atoms with Crippen LogP contribution in [0.25, 0.3) is 0 Å². The number of hydrogen-bond acceptors (Lipinski definition) is 5. The zero-order valence-electron chi connectivity index (χ0n) is 12.5. The van der Waals surface area contributed by atoms with E-state index in [0.717, 1.165) is 0 Å². The molecule has 0 aliphatic carbocycles. The first-order chi connectivity index (χ1) is 10.4. The monoisotopic (exact) mass is 310 g/mol. The van der Waals surface area contributed by atoms with Crippen molar-refractivity contribution in [3.8, 4) is 11.5 Å². The Labute approximate surface area is 127 Å². The van der Waals surface area contributed by atoms with Crippen molar-refractivity contribution in [2.45, 2.75) is 13.0 Å². The Kier molecular flexibility index (Phi) is 6.18. The van der Waals surface area contributed by atoms with Gasteiger partial charge in [-0.3, -0.25) is 14.4 Å². The Bertz CT molecular complexity index is 572. The molecular weight excluding hydrogens is 292 g/mol. The number of likely N-dealkylation sites (N-methyl/N-ethyl adjacent to an activating group) is 1. The molecule has 0 aromatic heterocycles. The summed E-state index contributed by atoms with van der Waals surface area (Å²) in [5, 5.41) is 13.5. The van der Waals surface area contributed by atoms with Crippen LogP contribution in [0.15, 0.2) is 18.2 Å². The molecule has 0 aliphatic rings. The van der Waals surface area contributed by atoms with Crippen LogP contribution < -0.4 is 20.1 Å². The molecule has 0 radical (unpaired) electrons. The minimum atomic E-state index is -1.13. The van der Waals surface area contributed by atoms with Crippen molar-refractivity contribution in [2.75, 3.05) is 20.8 Å². The smallest absolute Gasteiger partial charge is 0.325 e. The van der Waals surface area contributed by atoms with Crippen LogP contribution in [0.2, 0.25) is 0 Å². The Hall–Kier alpha value is -2.77. The molecule has 22 heavy (non-hydrogen) atoms. The van der Waals surface area contributed by atoms with Gasteiger partial charge in [0.1, 0.15) is 6.04 Å². The Balaban J connectivity index is 2.85. The summed E-state index contributed by atoms with van der Waals surface area (Å²) in [6, 6.07) is 3.32. The van der Waals surface area contributed by atoms with Crippen molar-refractivity contribution in [3.63, 3.8) is 0 Å². The minimum Gasteiger partial charge on any atom is -0.493 e. The summed E-state index contributed by atoms with van der Waals surface area (Å²) < 4.78 is 10.4. The highest BCUT2D eigenvalue weighted by molar-refractivity contribution is 5.97. The summed E-state index contributed by atoms with van der Waals surface area (Å²) >= 11 is 0. The second-order valence-corrected chi connectivity index (χ2v) is 4.36. The molecule has 0 bridgehead atoms. The van der Waals surface area contributed by atoms with Gasteiger partial charge in [-0.15, -0.1) is 0 Å². The van der Waals surface area contributed by atoms with Crippen LogP contribution in [0.5, 0.6) is 11.5 Å². The second-order valence-electron chi connectivity index (χ2n) is 4.36. The van der Waals surface area contributed by atoms with Gasteiger partial charge in [-0.1, -0.05) is 0 Å². The average molecular weight is 310 g/mol. The Morgan fingerprint density at radius 3 is 2.50 bits per heavy atom. The zero-order chi connectivity index (χ0) is 16.7. The van der Waals surface area contributed by atoms with E-state index in [4.69, 9.17) is 14.6 Å². The number of carbonyl (C=O) groups excluding carboxylic acids is 2. The molecule has 8 heteroatoms. The first-order valence-electron chi connectivity index (χ1n) is 6.44. The molecule has 2 amide bonds. The number of benzene rings is 1. The van der Waals surface area contributed by atoms with Gasteiger partial charge in [0, 0.05) is 12.6 Å². The second kappa shape index (κ2) is 7.87. The van der Waals surface area contributed by atoms with Crippen LogP contribution >= 0.6 is 0 Å². The van der Waals surface area contributed by atoms with Gasteiger partial charge in [-0.2, -0.15) is 0 Å². The van der Waals surface area contributed by atoms with E-state index in [1.165, 1.54) is 39.3 Å². The third kappa shape index (κ3) is 4.65. The molecule has 0 unspecified atom stereocenters. The van der Waals surface area contributed by atoms with E-state index in [2.05, 4.69) is 10.6 Å². The summed E-state index contributed by atoms with van der Waals surface area (Å²) in [5.74, 6) is -1.43. The third-order valence-electron chi connectivity index (χ3n) is 2.78. The molecule has 0 aliphatic heterocycles. The van der Waals surface area contributed by atoms with Crippen LogP contribution in [0.3, 0.4) is 0 Å². The lowest BCUT2D eigenvalue weighted by Gasteiger charge is -2.13. The summed E-state index contributed by atoms with van der Waals surface area (Å²) in [4.78, 5) is 33.8. The van der Waals surface area contributed by atoms with Gasteiger partial charge in [0.25, 0.3) is 11.8 Å². The molecule has 1 rings (SSSR count). The maximum absolute atomic E-state index is 11.9. The lowest BCUT2D eigenvalue weighted by molar-refractivity contribution is -0.138. The molecule has 0 spiro atoms. The summed E-state index contributed by atoms with van der Waals surface area (Å²) in [6.07, 6.45) is 0. The van der Waals surface area contributed by atoms with Gasteiger partial charge in [-0.05, 0) is 25.1 Å². The Morgan fingerprint density at radius 1 is 1.27 bits per heavy atom. The van der Waals surface area contributed by atoms with Crippen molar-refractivity contribution in [1.29, 1.82) is 0 Å². The molecule has 8 nitrogen and oxygen atoms in total. The quantitative estimate of drug-likeness (QED) is 0.654. The minimum absolute atomic E-state index is 0.186. The number of hydrogen-bond donors (Lipinski definition) is 3.